The molecule has 0 fully saturated rings. The van der Waals surface area contributed by atoms with Gasteiger partial charge in [-0.1, -0.05) is 23.8 Å². The first-order chi connectivity index (χ1) is 10.0. The molecule has 0 aliphatic rings. The maximum atomic E-state index is 13.5. The van der Waals surface area contributed by atoms with Crippen molar-refractivity contribution in [1.82, 2.24) is 5.32 Å². The molecular weight excluding hydrogens is 272 g/mol. The van der Waals surface area contributed by atoms with Gasteiger partial charge in [-0.15, -0.1) is 0 Å². The lowest BCUT2D eigenvalue weighted by Gasteiger charge is -2.15. The van der Waals surface area contributed by atoms with Gasteiger partial charge >= 0.3 is 0 Å². The van der Waals surface area contributed by atoms with Crippen molar-refractivity contribution in [3.63, 3.8) is 0 Å². The maximum Gasteiger partial charge on any atom is 0.130 e. The number of hydrogen-bond donors (Lipinski definition) is 1. The van der Waals surface area contributed by atoms with Gasteiger partial charge in [-0.25, -0.2) is 8.78 Å². The van der Waals surface area contributed by atoms with E-state index in [4.69, 9.17) is 4.74 Å². The summed E-state index contributed by atoms with van der Waals surface area (Å²) in [6, 6.07) is 11.5. The van der Waals surface area contributed by atoms with Gasteiger partial charge in [0.25, 0.3) is 0 Å². The molecule has 2 nitrogen and oxygen atoms in total. The van der Waals surface area contributed by atoms with Gasteiger partial charge in [0.2, 0.25) is 0 Å². The predicted molar refractivity (Wildman–Crippen MR) is 79.3 cm³/mol. The zero-order valence-electron chi connectivity index (χ0n) is 12.2. The minimum atomic E-state index is -0.563. The summed E-state index contributed by atoms with van der Waals surface area (Å²) >= 11 is 0. The van der Waals surface area contributed by atoms with Crippen LogP contribution in [0, 0.1) is 18.6 Å². The molecule has 0 aromatic heterocycles. The summed E-state index contributed by atoms with van der Waals surface area (Å²) in [5.74, 6) is -0.289. The Morgan fingerprint density at radius 2 is 1.81 bits per heavy atom. The molecule has 2 aromatic carbocycles. The van der Waals surface area contributed by atoms with E-state index >= 15 is 0 Å². The first-order valence-electron chi connectivity index (χ1n) is 6.91. The van der Waals surface area contributed by atoms with E-state index in [2.05, 4.69) is 5.32 Å². The van der Waals surface area contributed by atoms with Crippen molar-refractivity contribution < 1.29 is 13.5 Å². The standard InChI is InChI=1S/C17H19F2NO/c1-12-3-7-16(8-4-12)21-11-13(2)20-10-14-5-6-15(18)9-17(14)19/h3-9,13,20H,10-11H2,1-2H3. The molecule has 0 bridgehead atoms. The molecule has 0 heterocycles. The van der Waals surface area contributed by atoms with E-state index in [0.717, 1.165) is 11.8 Å². The molecule has 0 aliphatic carbocycles. The second-order valence-corrected chi connectivity index (χ2v) is 5.14. The Hall–Kier alpha value is -1.94. The van der Waals surface area contributed by atoms with Crippen molar-refractivity contribution in [1.29, 1.82) is 0 Å². The van der Waals surface area contributed by atoms with Crippen LogP contribution >= 0.6 is 0 Å². The molecule has 0 radical (unpaired) electrons. The molecule has 21 heavy (non-hydrogen) atoms. The van der Waals surface area contributed by atoms with Gasteiger partial charge in [-0.2, -0.15) is 0 Å². The van der Waals surface area contributed by atoms with Crippen molar-refractivity contribution in [2.24, 2.45) is 0 Å². The van der Waals surface area contributed by atoms with Gasteiger partial charge in [0, 0.05) is 24.2 Å². The Kier molecular flexibility index (Phi) is 5.28. The zero-order chi connectivity index (χ0) is 15.2. The lowest BCUT2D eigenvalue weighted by atomic mass is 10.2. The third-order valence-corrected chi connectivity index (χ3v) is 3.18. The van der Waals surface area contributed by atoms with Crippen molar-refractivity contribution in [3.05, 3.63) is 65.2 Å². The molecule has 1 unspecified atom stereocenters. The fourth-order valence-electron chi connectivity index (χ4n) is 1.86. The number of aryl methyl sites for hydroxylation is 1. The monoisotopic (exact) mass is 291 g/mol. The summed E-state index contributed by atoms with van der Waals surface area (Å²) in [4.78, 5) is 0. The molecule has 0 amide bonds. The van der Waals surface area contributed by atoms with Gasteiger partial charge in [0.05, 0.1) is 0 Å². The zero-order valence-corrected chi connectivity index (χ0v) is 12.2. The van der Waals surface area contributed by atoms with Crippen LogP contribution in [-0.2, 0) is 6.54 Å². The van der Waals surface area contributed by atoms with Crippen LogP contribution in [0.25, 0.3) is 0 Å². The Bertz CT molecular complexity index is 584. The van der Waals surface area contributed by atoms with E-state index in [1.54, 1.807) is 0 Å². The minimum Gasteiger partial charge on any atom is -0.492 e. The van der Waals surface area contributed by atoms with Crippen LogP contribution in [0.3, 0.4) is 0 Å². The third kappa shape index (κ3) is 4.83. The summed E-state index contributed by atoms with van der Waals surface area (Å²) in [5.41, 5.74) is 1.62. The number of ether oxygens (including phenoxy) is 1. The lowest BCUT2D eigenvalue weighted by Crippen LogP contribution is -2.31. The lowest BCUT2D eigenvalue weighted by molar-refractivity contribution is 0.272. The summed E-state index contributed by atoms with van der Waals surface area (Å²) in [6.45, 7) is 4.79. The van der Waals surface area contributed by atoms with Crippen LogP contribution in [0.2, 0.25) is 0 Å². The summed E-state index contributed by atoms with van der Waals surface area (Å²) in [6.07, 6.45) is 0. The van der Waals surface area contributed by atoms with E-state index in [1.807, 2.05) is 38.1 Å². The number of benzene rings is 2. The number of rotatable bonds is 6. The minimum absolute atomic E-state index is 0.0516. The molecule has 4 heteroatoms. The predicted octanol–water partition coefficient (Wildman–Crippen LogP) is 3.83. The van der Waals surface area contributed by atoms with Crippen LogP contribution in [-0.4, -0.2) is 12.6 Å². The molecular formula is C17H19F2NO. The van der Waals surface area contributed by atoms with E-state index in [-0.39, 0.29) is 6.04 Å². The second kappa shape index (κ2) is 7.18. The Labute approximate surface area is 123 Å². The average Bonchev–Trinajstić information content (AvgIpc) is 2.46. The Morgan fingerprint density at radius 1 is 1.10 bits per heavy atom. The van der Waals surface area contributed by atoms with E-state index in [9.17, 15) is 8.78 Å². The molecule has 0 saturated carbocycles. The molecule has 112 valence electrons. The molecule has 2 rings (SSSR count). The van der Waals surface area contributed by atoms with Gasteiger partial charge < -0.3 is 10.1 Å². The highest BCUT2D eigenvalue weighted by Crippen LogP contribution is 2.12. The summed E-state index contributed by atoms with van der Waals surface area (Å²) in [7, 11) is 0. The highest BCUT2D eigenvalue weighted by Gasteiger charge is 2.07. The topological polar surface area (TPSA) is 21.3 Å². The van der Waals surface area contributed by atoms with Gasteiger partial charge in [-0.05, 0) is 32.0 Å². The third-order valence-electron chi connectivity index (χ3n) is 3.18. The SMILES string of the molecule is Cc1ccc(OCC(C)NCc2ccc(F)cc2F)cc1. The fraction of sp³-hybridized carbons (Fsp3) is 0.294. The quantitative estimate of drug-likeness (QED) is 0.873. The highest BCUT2D eigenvalue weighted by molar-refractivity contribution is 5.26. The smallest absolute Gasteiger partial charge is 0.130 e. The second-order valence-electron chi connectivity index (χ2n) is 5.14. The van der Waals surface area contributed by atoms with Crippen molar-refractivity contribution in [2.75, 3.05) is 6.61 Å². The number of halogens is 2. The van der Waals surface area contributed by atoms with Crippen molar-refractivity contribution in [2.45, 2.75) is 26.4 Å². The number of nitrogens with one attached hydrogen (secondary N) is 1. The molecule has 2 aromatic rings. The maximum absolute atomic E-state index is 13.5. The van der Waals surface area contributed by atoms with Gasteiger partial charge in [0.15, 0.2) is 0 Å². The van der Waals surface area contributed by atoms with Gasteiger partial charge in [0.1, 0.15) is 24.0 Å². The molecule has 0 saturated heterocycles. The highest BCUT2D eigenvalue weighted by atomic mass is 19.1. The van der Waals surface area contributed by atoms with Crippen LogP contribution < -0.4 is 10.1 Å². The van der Waals surface area contributed by atoms with Crippen molar-refractivity contribution >= 4 is 0 Å². The average molecular weight is 291 g/mol. The first kappa shape index (κ1) is 15.4. The molecule has 0 aliphatic heterocycles. The van der Waals surface area contributed by atoms with E-state index in [1.165, 1.54) is 17.7 Å². The number of hydrogen-bond acceptors (Lipinski definition) is 2. The molecule has 1 N–H and O–H groups in total. The largest absolute Gasteiger partial charge is 0.492 e. The Morgan fingerprint density at radius 3 is 2.48 bits per heavy atom. The summed E-state index contributed by atoms with van der Waals surface area (Å²) in [5, 5.41) is 3.15. The van der Waals surface area contributed by atoms with Gasteiger partial charge in [-0.3, -0.25) is 0 Å². The molecule has 0 spiro atoms. The summed E-state index contributed by atoms with van der Waals surface area (Å²) < 4.78 is 31.9. The fourth-order valence-corrected chi connectivity index (χ4v) is 1.86. The van der Waals surface area contributed by atoms with Crippen LogP contribution in [0.15, 0.2) is 42.5 Å². The van der Waals surface area contributed by atoms with E-state index < -0.39 is 11.6 Å². The van der Waals surface area contributed by atoms with Crippen molar-refractivity contribution in [3.8, 4) is 5.75 Å². The van der Waals surface area contributed by atoms with E-state index in [0.29, 0.717) is 18.7 Å². The van der Waals surface area contributed by atoms with Crippen LogP contribution in [0.5, 0.6) is 5.75 Å². The van der Waals surface area contributed by atoms with Crippen LogP contribution in [0.1, 0.15) is 18.1 Å². The first-order valence-corrected chi connectivity index (χ1v) is 6.91. The van der Waals surface area contributed by atoms with Crippen LogP contribution in [0.4, 0.5) is 8.78 Å². The molecule has 1 atom stereocenters. The Balaban J connectivity index is 1.79. The normalized spacial score (nSPS) is 12.2.